The van der Waals surface area contributed by atoms with Crippen LogP contribution in [0.1, 0.15) is 41.2 Å². The fourth-order valence-electron chi connectivity index (χ4n) is 2.72. The number of hydrogen-bond donors (Lipinski definition) is 2. The monoisotopic (exact) mass is 276 g/mol. The van der Waals surface area contributed by atoms with Gasteiger partial charge in [-0.15, -0.1) is 0 Å². The van der Waals surface area contributed by atoms with Gasteiger partial charge in [0.25, 0.3) is 5.91 Å². The van der Waals surface area contributed by atoms with Gasteiger partial charge in [0.2, 0.25) is 0 Å². The highest BCUT2D eigenvalue weighted by atomic mass is 16.5. The molecule has 0 aromatic carbocycles. The second kappa shape index (κ2) is 5.76. The van der Waals surface area contributed by atoms with Crippen LogP contribution in [-0.2, 0) is 4.74 Å². The van der Waals surface area contributed by atoms with Crippen LogP contribution >= 0.6 is 0 Å². The Morgan fingerprint density at radius 2 is 2.15 bits per heavy atom. The molecule has 0 radical (unpaired) electrons. The molecule has 2 aliphatic rings. The maximum Gasteiger partial charge on any atom is 0.285 e. The van der Waals surface area contributed by atoms with E-state index >= 15 is 0 Å². The van der Waals surface area contributed by atoms with E-state index in [1.54, 1.807) is 0 Å². The molecule has 0 atom stereocenters. The van der Waals surface area contributed by atoms with Crippen molar-refractivity contribution in [1.82, 2.24) is 10.4 Å². The number of hydrazine groups is 1. The highest BCUT2D eigenvalue weighted by Crippen LogP contribution is 2.37. The number of carbonyl (C=O) groups excluding carboxylic acids is 1. The zero-order valence-electron chi connectivity index (χ0n) is 11.5. The molecule has 3 rings (SSSR count). The van der Waals surface area contributed by atoms with Crippen LogP contribution in [0.2, 0.25) is 0 Å². The Kier molecular flexibility index (Phi) is 3.84. The average Bonchev–Trinajstić information content (AvgIpc) is 2.45. The van der Waals surface area contributed by atoms with Crippen LogP contribution in [0.3, 0.4) is 0 Å². The third-order valence-electron chi connectivity index (χ3n) is 4.16. The lowest BCUT2D eigenvalue weighted by Gasteiger charge is -2.32. The Hall–Kier alpha value is -1.66. The van der Waals surface area contributed by atoms with Crippen LogP contribution in [0, 0.1) is 0 Å². The Morgan fingerprint density at radius 3 is 2.75 bits per heavy atom. The van der Waals surface area contributed by atoms with Gasteiger partial charge in [-0.1, -0.05) is 6.42 Å². The van der Waals surface area contributed by atoms with E-state index in [9.17, 15) is 4.79 Å². The lowest BCUT2D eigenvalue weighted by Crippen LogP contribution is -2.39. The van der Waals surface area contributed by atoms with Crippen LogP contribution in [-0.4, -0.2) is 37.2 Å². The first kappa shape index (κ1) is 13.3. The molecule has 0 unspecified atom stereocenters. The molecule has 1 aromatic heterocycles. The molecule has 1 saturated heterocycles. The summed E-state index contributed by atoms with van der Waals surface area (Å²) in [5.41, 5.74) is 4.68. The standard InChI is InChI=1S/C14H20N4O2/c15-17-14(19)13-12(18-4-6-20-7-5-18)8-11(9-16-13)10-2-1-3-10/h8-10H,1-7,15H2,(H,17,19). The van der Waals surface area contributed by atoms with Crippen molar-refractivity contribution in [3.8, 4) is 0 Å². The summed E-state index contributed by atoms with van der Waals surface area (Å²) in [5, 5.41) is 0. The van der Waals surface area contributed by atoms with Gasteiger partial charge in [-0.05, 0) is 30.4 Å². The molecule has 1 saturated carbocycles. The first-order valence-electron chi connectivity index (χ1n) is 7.13. The molecule has 1 aliphatic carbocycles. The summed E-state index contributed by atoms with van der Waals surface area (Å²) >= 11 is 0. The van der Waals surface area contributed by atoms with Crippen LogP contribution in [0.25, 0.3) is 0 Å². The van der Waals surface area contributed by atoms with Crippen molar-refractivity contribution in [2.75, 3.05) is 31.2 Å². The molecule has 0 spiro atoms. The zero-order valence-corrected chi connectivity index (χ0v) is 11.5. The predicted molar refractivity (Wildman–Crippen MR) is 75.5 cm³/mol. The molecule has 108 valence electrons. The number of nitrogens with zero attached hydrogens (tertiary/aromatic N) is 2. The second-order valence-electron chi connectivity index (χ2n) is 5.34. The first-order chi connectivity index (χ1) is 9.79. The maximum atomic E-state index is 11.9. The van der Waals surface area contributed by atoms with Crippen LogP contribution in [0.15, 0.2) is 12.3 Å². The van der Waals surface area contributed by atoms with Crippen LogP contribution in [0.4, 0.5) is 5.69 Å². The van der Waals surface area contributed by atoms with Gasteiger partial charge in [-0.25, -0.2) is 10.8 Å². The van der Waals surface area contributed by atoms with E-state index in [1.165, 1.54) is 24.8 Å². The van der Waals surface area contributed by atoms with E-state index in [0.717, 1.165) is 18.8 Å². The lowest BCUT2D eigenvalue weighted by molar-refractivity contribution is 0.0947. The van der Waals surface area contributed by atoms with Crippen molar-refractivity contribution in [1.29, 1.82) is 0 Å². The summed E-state index contributed by atoms with van der Waals surface area (Å²) in [7, 11) is 0. The number of anilines is 1. The number of nitrogens with one attached hydrogen (secondary N) is 1. The quantitative estimate of drug-likeness (QED) is 0.484. The highest BCUT2D eigenvalue weighted by Gasteiger charge is 2.25. The van der Waals surface area contributed by atoms with Crippen molar-refractivity contribution in [3.63, 3.8) is 0 Å². The Morgan fingerprint density at radius 1 is 1.40 bits per heavy atom. The molecule has 6 nitrogen and oxygen atoms in total. The first-order valence-corrected chi connectivity index (χ1v) is 7.13. The van der Waals surface area contributed by atoms with E-state index in [4.69, 9.17) is 10.6 Å². The Labute approximate surface area is 118 Å². The van der Waals surface area contributed by atoms with Crippen LogP contribution < -0.4 is 16.2 Å². The van der Waals surface area contributed by atoms with Gasteiger partial charge in [0.15, 0.2) is 5.69 Å². The highest BCUT2D eigenvalue weighted by molar-refractivity contribution is 5.97. The van der Waals surface area contributed by atoms with Gasteiger partial charge in [-0.3, -0.25) is 10.2 Å². The smallest absolute Gasteiger partial charge is 0.285 e. The number of nitrogens with two attached hydrogens (primary N) is 1. The van der Waals surface area contributed by atoms with Crippen molar-refractivity contribution in [3.05, 3.63) is 23.5 Å². The van der Waals surface area contributed by atoms with Gasteiger partial charge in [0.05, 0.1) is 18.9 Å². The van der Waals surface area contributed by atoms with E-state index < -0.39 is 0 Å². The van der Waals surface area contributed by atoms with Gasteiger partial charge in [0, 0.05) is 19.3 Å². The topological polar surface area (TPSA) is 80.5 Å². The second-order valence-corrected chi connectivity index (χ2v) is 5.34. The van der Waals surface area contributed by atoms with E-state index in [2.05, 4.69) is 21.4 Å². The van der Waals surface area contributed by atoms with E-state index in [0.29, 0.717) is 24.8 Å². The normalized spacial score (nSPS) is 19.6. The number of amides is 1. The third-order valence-corrected chi connectivity index (χ3v) is 4.16. The van der Waals surface area contributed by atoms with Gasteiger partial charge in [0.1, 0.15) is 0 Å². The number of morpholine rings is 1. The van der Waals surface area contributed by atoms with Gasteiger partial charge in [-0.2, -0.15) is 0 Å². The van der Waals surface area contributed by atoms with Crippen LogP contribution in [0.5, 0.6) is 0 Å². The third kappa shape index (κ3) is 2.48. The summed E-state index contributed by atoms with van der Waals surface area (Å²) in [4.78, 5) is 18.4. The zero-order chi connectivity index (χ0) is 13.9. The molecule has 1 aromatic rings. The number of pyridine rings is 1. The fraction of sp³-hybridized carbons (Fsp3) is 0.571. The summed E-state index contributed by atoms with van der Waals surface area (Å²) in [6.07, 6.45) is 5.53. The molecule has 6 heteroatoms. The van der Waals surface area contributed by atoms with Crippen molar-refractivity contribution < 1.29 is 9.53 Å². The van der Waals surface area contributed by atoms with Gasteiger partial charge >= 0.3 is 0 Å². The molecule has 2 heterocycles. The largest absolute Gasteiger partial charge is 0.378 e. The molecular formula is C14H20N4O2. The van der Waals surface area contributed by atoms with Crippen molar-refractivity contribution >= 4 is 11.6 Å². The molecule has 2 fully saturated rings. The van der Waals surface area contributed by atoms with Gasteiger partial charge < -0.3 is 9.64 Å². The molecule has 1 aliphatic heterocycles. The molecular weight excluding hydrogens is 256 g/mol. The Balaban J connectivity index is 1.94. The summed E-state index contributed by atoms with van der Waals surface area (Å²) in [6, 6.07) is 2.10. The minimum atomic E-state index is -0.341. The minimum absolute atomic E-state index is 0.341. The van der Waals surface area contributed by atoms with Crippen molar-refractivity contribution in [2.24, 2.45) is 5.84 Å². The number of nitrogen functional groups attached to an aromatic ring is 1. The average molecular weight is 276 g/mol. The van der Waals surface area contributed by atoms with Crippen molar-refractivity contribution in [2.45, 2.75) is 25.2 Å². The maximum absolute atomic E-state index is 11.9. The van der Waals surface area contributed by atoms with E-state index in [1.807, 2.05) is 6.20 Å². The lowest BCUT2D eigenvalue weighted by atomic mass is 9.80. The Bertz CT molecular complexity index is 496. The number of ether oxygens (including phenoxy) is 1. The number of aromatic nitrogens is 1. The number of hydrogen-bond acceptors (Lipinski definition) is 5. The van der Waals surface area contributed by atoms with E-state index in [-0.39, 0.29) is 5.91 Å². The molecule has 0 bridgehead atoms. The fourth-order valence-corrected chi connectivity index (χ4v) is 2.72. The summed E-state index contributed by atoms with van der Waals surface area (Å²) < 4.78 is 5.37. The number of rotatable bonds is 3. The SMILES string of the molecule is NNC(=O)c1ncc(C2CCC2)cc1N1CCOCC1. The molecule has 20 heavy (non-hydrogen) atoms. The summed E-state index contributed by atoms with van der Waals surface area (Å²) in [5.74, 6) is 5.51. The molecule has 3 N–H and O–H groups in total. The predicted octanol–water partition coefficient (Wildman–Crippen LogP) is 0.789. The molecule has 1 amide bonds. The number of carbonyl (C=O) groups is 1. The summed E-state index contributed by atoms with van der Waals surface area (Å²) in [6.45, 7) is 2.91. The minimum Gasteiger partial charge on any atom is -0.378 e.